The molecule has 0 radical (unpaired) electrons. The van der Waals surface area contributed by atoms with Crippen LogP contribution in [0.15, 0.2) is 14.8 Å². The summed E-state index contributed by atoms with van der Waals surface area (Å²) in [4.78, 5) is 27.6. The number of hydrogen-bond donors (Lipinski definition) is 7. The van der Waals surface area contributed by atoms with Gasteiger partial charge in [0.2, 0.25) is 5.13 Å². The van der Waals surface area contributed by atoms with Crippen LogP contribution in [0.25, 0.3) is 0 Å². The molecule has 0 unspecified atom stereocenters. The van der Waals surface area contributed by atoms with Gasteiger partial charge < -0.3 is 33.1 Å². The molecule has 1 heterocycles. The van der Waals surface area contributed by atoms with Crippen LogP contribution in [0, 0.1) is 0 Å². The molecule has 1 rings (SSSR count). The summed E-state index contributed by atoms with van der Waals surface area (Å²) in [6.07, 6.45) is -0.207. The molecule has 29 heavy (non-hydrogen) atoms. The van der Waals surface area contributed by atoms with Crippen LogP contribution in [-0.2, 0) is 25.6 Å². The first-order valence-electron chi connectivity index (χ1n) is 7.49. The Bertz CT molecular complexity index is 850. The molecule has 0 amide bonds. The third-order valence-corrected chi connectivity index (χ3v) is 4.74. The van der Waals surface area contributed by atoms with E-state index in [0.717, 1.165) is 5.69 Å². The Morgan fingerprint density at radius 2 is 1.90 bits per heavy atom. The molecule has 0 aliphatic heterocycles. The number of nitrogens with two attached hydrogens (primary N) is 5. The largest absolute Gasteiger partial charge is 0.481 e. The summed E-state index contributed by atoms with van der Waals surface area (Å²) >= 11 is 2.86. The molecule has 0 spiro atoms. The summed E-state index contributed by atoms with van der Waals surface area (Å²) in [5.74, 6) is -1.31. The van der Waals surface area contributed by atoms with Crippen molar-refractivity contribution >= 4 is 62.2 Å². The molecule has 1 atom stereocenters. The fourth-order valence-electron chi connectivity index (χ4n) is 1.36. The van der Waals surface area contributed by atoms with Crippen molar-refractivity contribution in [1.82, 2.24) is 4.98 Å². The van der Waals surface area contributed by atoms with Crippen molar-refractivity contribution in [1.29, 1.82) is 0 Å². The number of thioether (sulfide) groups is 1. The third-order valence-electron chi connectivity index (χ3n) is 2.47. The number of carboxylic acid groups (broad SMARTS) is 2. The van der Waals surface area contributed by atoms with E-state index in [1.54, 1.807) is 0 Å². The summed E-state index contributed by atoms with van der Waals surface area (Å²) in [5.41, 5.74) is 21.6. The van der Waals surface area contributed by atoms with E-state index < -0.39 is 34.6 Å². The maximum Gasteiger partial charge on any atom is 0.321 e. The number of nitrogens with zero attached hydrogens (tertiary/aromatic N) is 3. The number of hydrogen-bond acceptors (Lipinski definition) is 9. The molecule has 0 aromatic carbocycles. The number of thiazole rings is 1. The smallest absolute Gasteiger partial charge is 0.321 e. The number of aliphatic imine (C=N–C) groups is 1. The third kappa shape index (κ3) is 15.2. The molecule has 0 fully saturated rings. The molecular weight excluding hydrogens is 448 g/mol. The summed E-state index contributed by atoms with van der Waals surface area (Å²) in [5, 5.41) is 23.1. The van der Waals surface area contributed by atoms with E-state index in [9.17, 15) is 18.0 Å². The fourth-order valence-corrected chi connectivity index (χ4v) is 3.45. The van der Waals surface area contributed by atoms with Gasteiger partial charge in [-0.3, -0.25) is 9.59 Å². The van der Waals surface area contributed by atoms with Crippen molar-refractivity contribution in [2.24, 2.45) is 37.5 Å². The van der Waals surface area contributed by atoms with Gasteiger partial charge >= 0.3 is 22.1 Å². The van der Waals surface area contributed by atoms with Crippen molar-refractivity contribution < 1.29 is 28.2 Å². The van der Waals surface area contributed by atoms with Crippen molar-refractivity contribution in [2.45, 2.75) is 24.6 Å². The lowest BCUT2D eigenvalue weighted by molar-refractivity contribution is -0.144. The van der Waals surface area contributed by atoms with Crippen molar-refractivity contribution in [2.75, 3.05) is 5.75 Å². The minimum absolute atomic E-state index is 0.0144. The maximum absolute atomic E-state index is 10.6. The zero-order valence-electron chi connectivity index (χ0n) is 15.0. The van der Waals surface area contributed by atoms with Gasteiger partial charge in [0.25, 0.3) is 0 Å². The van der Waals surface area contributed by atoms with Crippen molar-refractivity contribution in [3.63, 3.8) is 0 Å². The van der Waals surface area contributed by atoms with E-state index in [4.69, 9.17) is 38.3 Å². The molecule has 0 aliphatic carbocycles. The van der Waals surface area contributed by atoms with E-state index in [-0.39, 0.29) is 11.8 Å². The second kappa shape index (κ2) is 12.9. The van der Waals surface area contributed by atoms with Crippen LogP contribution in [-0.4, -0.2) is 59.1 Å². The van der Waals surface area contributed by atoms with Crippen LogP contribution in [0.5, 0.6) is 0 Å². The number of aliphatic carboxylic acids is 2. The first kappa shape index (κ1) is 26.5. The monoisotopic (exact) mass is 470 g/mol. The highest BCUT2D eigenvalue weighted by molar-refractivity contribution is 7.98. The molecule has 0 aliphatic rings. The van der Waals surface area contributed by atoms with E-state index in [1.165, 1.54) is 23.1 Å². The Morgan fingerprint density at radius 3 is 2.34 bits per heavy atom. The number of aromatic nitrogens is 1. The minimum atomic E-state index is -3.92. The van der Waals surface area contributed by atoms with Crippen molar-refractivity contribution in [3.05, 3.63) is 11.1 Å². The van der Waals surface area contributed by atoms with Crippen LogP contribution in [0.2, 0.25) is 0 Å². The number of carbonyl (C=O) groups is 2. The quantitative estimate of drug-likeness (QED) is 0.112. The Morgan fingerprint density at radius 1 is 1.28 bits per heavy atom. The van der Waals surface area contributed by atoms with Crippen LogP contribution >= 0.6 is 23.1 Å². The van der Waals surface area contributed by atoms with E-state index in [1.807, 2.05) is 5.38 Å². The lowest BCUT2D eigenvalue weighted by Gasteiger charge is -1.99. The lowest BCUT2D eigenvalue weighted by Crippen LogP contribution is -2.32. The number of amidine groups is 1. The number of guanidine groups is 1. The van der Waals surface area contributed by atoms with Crippen LogP contribution in [0.1, 0.15) is 18.5 Å². The van der Waals surface area contributed by atoms with Gasteiger partial charge in [0.15, 0.2) is 5.96 Å². The highest BCUT2D eigenvalue weighted by Gasteiger charge is 2.14. The van der Waals surface area contributed by atoms with E-state index in [2.05, 4.69) is 14.4 Å². The van der Waals surface area contributed by atoms with Gasteiger partial charge in [0, 0.05) is 23.3 Å². The van der Waals surface area contributed by atoms with Crippen molar-refractivity contribution in [3.8, 4) is 0 Å². The summed E-state index contributed by atoms with van der Waals surface area (Å²) in [7, 11) is -3.92. The van der Waals surface area contributed by atoms with Crippen LogP contribution in [0.3, 0.4) is 0 Å². The molecule has 0 saturated heterocycles. The van der Waals surface area contributed by atoms with Gasteiger partial charge in [-0.1, -0.05) is 0 Å². The Hall–Kier alpha value is -2.47. The molecule has 14 nitrogen and oxygen atoms in total. The van der Waals surface area contributed by atoms with Gasteiger partial charge in [0.05, 0.1) is 12.1 Å². The van der Waals surface area contributed by atoms with Gasteiger partial charge in [0.1, 0.15) is 11.9 Å². The first-order valence-corrected chi connectivity index (χ1v) is 11.0. The normalized spacial score (nSPS) is 12.4. The van der Waals surface area contributed by atoms with Gasteiger partial charge in [-0.05, 0) is 0 Å². The molecule has 12 N–H and O–H groups in total. The highest BCUT2D eigenvalue weighted by atomic mass is 32.2. The zero-order chi connectivity index (χ0) is 22.6. The average molecular weight is 471 g/mol. The minimum Gasteiger partial charge on any atom is -0.481 e. The second-order valence-electron chi connectivity index (χ2n) is 5.10. The van der Waals surface area contributed by atoms with Crippen LogP contribution in [0.4, 0.5) is 5.13 Å². The standard InChI is InChI=1S/C8H15N7O2S3.C4H7NO4/c9-6(15-20(12,16)17)1-2-18-3-5-4-19-8(13-5)14-7(10)11;5-2(4(8)9)1-3(6)7/h4H,1-3H2,(H2,9,15)(H2,12,16,17)(H4,10,11,13,14);2H,1,5H2,(H,6,7)(H,8,9)/t;2-/m.0/s1. The Kier molecular flexibility index (Phi) is 11.8. The molecule has 1 aromatic heterocycles. The Labute approximate surface area is 174 Å². The molecular formula is C12H22N8O6S3. The topological polar surface area (TPSA) is 276 Å². The van der Waals surface area contributed by atoms with Crippen LogP contribution < -0.4 is 28.1 Å². The lowest BCUT2D eigenvalue weighted by atomic mass is 10.2. The predicted molar refractivity (Wildman–Crippen MR) is 111 cm³/mol. The highest BCUT2D eigenvalue weighted by Crippen LogP contribution is 2.21. The summed E-state index contributed by atoms with van der Waals surface area (Å²) in [6, 6.07) is -1.29. The molecule has 1 aromatic rings. The molecule has 0 bridgehead atoms. The predicted octanol–water partition coefficient (Wildman–Crippen LogP) is -1.89. The fraction of sp³-hybridized carbons (Fsp3) is 0.417. The first-order chi connectivity index (χ1) is 13.3. The molecule has 17 heteroatoms. The number of carboxylic acids is 2. The summed E-state index contributed by atoms with van der Waals surface area (Å²) < 4.78 is 24.5. The van der Waals surface area contributed by atoms with Gasteiger partial charge in [-0.2, -0.15) is 25.2 Å². The maximum atomic E-state index is 10.6. The Balaban J connectivity index is 0.000000734. The summed E-state index contributed by atoms with van der Waals surface area (Å²) in [6.45, 7) is 0. The molecule has 0 saturated carbocycles. The van der Waals surface area contributed by atoms with E-state index >= 15 is 0 Å². The second-order valence-corrected chi connectivity index (χ2v) is 8.26. The zero-order valence-corrected chi connectivity index (χ0v) is 17.4. The van der Waals surface area contributed by atoms with Gasteiger partial charge in [-0.15, -0.1) is 15.7 Å². The SMILES string of the molecule is NC(N)=Nc1nc(CSCCC(N)=NS(N)(=O)=O)cs1.N[C@@H](CC(=O)O)C(=O)O. The van der Waals surface area contributed by atoms with Gasteiger partial charge in [-0.25, -0.2) is 10.1 Å². The van der Waals surface area contributed by atoms with E-state index in [0.29, 0.717) is 23.1 Å². The number of rotatable bonds is 10. The average Bonchev–Trinajstić information content (AvgIpc) is 2.96. The molecule has 164 valence electrons.